The van der Waals surface area contributed by atoms with Gasteiger partial charge in [-0.3, -0.25) is 14.4 Å². The molecule has 0 aliphatic carbocycles. The van der Waals surface area contributed by atoms with Crippen molar-refractivity contribution >= 4 is 28.0 Å². The first kappa shape index (κ1) is 20.1. The molecule has 10 heteroatoms. The largest absolute Gasteiger partial charge is 0.394 e. The Kier molecular flexibility index (Phi) is 5.20. The Bertz CT molecular complexity index is 1180. The Labute approximate surface area is 184 Å². The number of piperidine rings is 1. The predicted octanol–water partition coefficient (Wildman–Crippen LogP) is 3.36. The van der Waals surface area contributed by atoms with E-state index in [1.54, 1.807) is 6.20 Å². The molecule has 0 amide bonds. The highest BCUT2D eigenvalue weighted by Crippen LogP contribution is 2.31. The van der Waals surface area contributed by atoms with Gasteiger partial charge in [0.25, 0.3) is 0 Å². The highest BCUT2D eigenvalue weighted by molar-refractivity contribution is 7.10. The van der Waals surface area contributed by atoms with Crippen LogP contribution in [-0.2, 0) is 6.54 Å². The van der Waals surface area contributed by atoms with Crippen LogP contribution in [0.1, 0.15) is 37.6 Å². The van der Waals surface area contributed by atoms with E-state index >= 15 is 0 Å². The number of aromatic amines is 1. The molecule has 0 saturated carbocycles. The van der Waals surface area contributed by atoms with Crippen LogP contribution >= 0.6 is 11.5 Å². The third-order valence-corrected chi connectivity index (χ3v) is 6.80. The zero-order valence-electron chi connectivity index (χ0n) is 17.7. The number of fused-ring (bicyclic) bond motifs is 1. The number of H-pyrrole nitrogens is 1. The topological polar surface area (TPSA) is 107 Å². The maximum Gasteiger partial charge on any atom is 0.180 e. The zero-order chi connectivity index (χ0) is 21.4. The Morgan fingerprint density at radius 3 is 3.03 bits per heavy atom. The molecule has 1 fully saturated rings. The summed E-state index contributed by atoms with van der Waals surface area (Å²) in [7, 11) is 0. The summed E-state index contributed by atoms with van der Waals surface area (Å²) in [5.41, 5.74) is 4.39. The van der Waals surface area contributed by atoms with Crippen molar-refractivity contribution in [2.45, 2.75) is 45.2 Å². The lowest BCUT2D eigenvalue weighted by atomic mass is 9.89. The minimum Gasteiger partial charge on any atom is -0.394 e. The smallest absolute Gasteiger partial charge is 0.180 e. The molecule has 1 saturated heterocycles. The van der Waals surface area contributed by atoms with Gasteiger partial charge in [0.1, 0.15) is 5.00 Å². The molecule has 5 rings (SSSR count). The summed E-state index contributed by atoms with van der Waals surface area (Å²) in [6.07, 6.45) is 10.8. The molecule has 0 aromatic carbocycles. The normalized spacial score (nSPS) is 19.8. The number of aryl methyl sites for hydroxylation is 1. The van der Waals surface area contributed by atoms with Crippen LogP contribution in [0.25, 0.3) is 16.9 Å². The van der Waals surface area contributed by atoms with Gasteiger partial charge in [-0.25, -0.2) is 9.97 Å². The molecule has 0 unspecified atom stereocenters. The predicted molar refractivity (Wildman–Crippen MR) is 120 cm³/mol. The van der Waals surface area contributed by atoms with Gasteiger partial charge in [-0.05, 0) is 50.8 Å². The fourth-order valence-electron chi connectivity index (χ4n) is 4.24. The number of aliphatic hydroxyl groups is 1. The first-order chi connectivity index (χ1) is 15.1. The molecule has 3 N–H and O–H groups in total. The molecule has 4 aromatic rings. The van der Waals surface area contributed by atoms with Crippen molar-refractivity contribution in [2.24, 2.45) is 0 Å². The van der Waals surface area contributed by atoms with Crippen molar-refractivity contribution in [1.29, 1.82) is 0 Å². The van der Waals surface area contributed by atoms with E-state index < -0.39 is 0 Å². The highest BCUT2D eigenvalue weighted by Gasteiger charge is 2.34. The lowest BCUT2D eigenvalue weighted by molar-refractivity contribution is 0.00571. The van der Waals surface area contributed by atoms with E-state index in [2.05, 4.69) is 47.7 Å². The van der Waals surface area contributed by atoms with E-state index in [1.807, 2.05) is 29.9 Å². The molecule has 0 spiro atoms. The Morgan fingerprint density at radius 2 is 2.23 bits per heavy atom. The van der Waals surface area contributed by atoms with Gasteiger partial charge in [0.2, 0.25) is 0 Å². The second kappa shape index (κ2) is 8.03. The van der Waals surface area contributed by atoms with Crippen molar-refractivity contribution in [3.05, 3.63) is 42.2 Å². The average Bonchev–Trinajstić information content (AvgIpc) is 3.50. The lowest BCUT2D eigenvalue weighted by Gasteiger charge is -2.43. The Balaban J connectivity index is 1.39. The molecule has 9 nitrogen and oxygen atoms in total. The van der Waals surface area contributed by atoms with Crippen LogP contribution < -0.4 is 5.32 Å². The number of rotatable bonds is 6. The molecule has 1 aliphatic heterocycles. The summed E-state index contributed by atoms with van der Waals surface area (Å²) in [5.74, 6) is 0.697. The Morgan fingerprint density at radius 1 is 1.32 bits per heavy atom. The van der Waals surface area contributed by atoms with Crippen molar-refractivity contribution in [2.75, 3.05) is 18.5 Å². The average molecular weight is 439 g/mol. The molecule has 0 radical (unpaired) electrons. The van der Waals surface area contributed by atoms with Crippen LogP contribution in [0.2, 0.25) is 0 Å². The van der Waals surface area contributed by atoms with Crippen LogP contribution in [0.15, 0.2) is 30.9 Å². The van der Waals surface area contributed by atoms with Crippen molar-refractivity contribution in [3.63, 3.8) is 0 Å². The SMILES string of the molecule is Cc1cn2c(-c3cn[nH]c3)cnc2c(Nc2cc(CN3CCCC[C@@]3(C)CO)ns2)n1. The third-order valence-electron chi connectivity index (χ3n) is 6.06. The monoisotopic (exact) mass is 438 g/mol. The molecular formula is C21H26N8OS. The number of anilines is 2. The van der Waals surface area contributed by atoms with Gasteiger partial charge in [-0.15, -0.1) is 0 Å². The van der Waals surface area contributed by atoms with Gasteiger partial charge < -0.3 is 10.4 Å². The van der Waals surface area contributed by atoms with Gasteiger partial charge >= 0.3 is 0 Å². The summed E-state index contributed by atoms with van der Waals surface area (Å²) < 4.78 is 6.67. The van der Waals surface area contributed by atoms with Crippen LogP contribution in [0.4, 0.5) is 10.8 Å². The van der Waals surface area contributed by atoms with Crippen LogP contribution in [-0.4, -0.2) is 57.6 Å². The van der Waals surface area contributed by atoms with Gasteiger partial charge in [-0.2, -0.15) is 9.47 Å². The third kappa shape index (κ3) is 3.82. The highest BCUT2D eigenvalue weighted by atomic mass is 32.1. The van der Waals surface area contributed by atoms with Crippen molar-refractivity contribution in [3.8, 4) is 11.3 Å². The minimum atomic E-state index is -0.168. The maximum atomic E-state index is 9.90. The van der Waals surface area contributed by atoms with Gasteiger partial charge in [-0.1, -0.05) is 6.42 Å². The van der Waals surface area contributed by atoms with Crippen LogP contribution in [0.5, 0.6) is 0 Å². The zero-order valence-corrected chi connectivity index (χ0v) is 18.5. The first-order valence-electron chi connectivity index (χ1n) is 10.5. The van der Waals surface area contributed by atoms with Gasteiger partial charge in [0, 0.05) is 30.0 Å². The lowest BCUT2D eigenvalue weighted by Crippen LogP contribution is -2.51. The molecule has 5 heterocycles. The molecule has 1 atom stereocenters. The van der Waals surface area contributed by atoms with Crippen LogP contribution in [0, 0.1) is 6.92 Å². The number of aliphatic hydroxyl groups excluding tert-OH is 1. The number of nitrogens with one attached hydrogen (secondary N) is 2. The summed E-state index contributed by atoms with van der Waals surface area (Å²) >= 11 is 1.42. The van der Waals surface area contributed by atoms with E-state index in [0.717, 1.165) is 65.6 Å². The van der Waals surface area contributed by atoms with E-state index in [-0.39, 0.29) is 12.1 Å². The van der Waals surface area contributed by atoms with Gasteiger partial charge in [0.15, 0.2) is 11.5 Å². The second-order valence-electron chi connectivity index (χ2n) is 8.40. The van der Waals surface area contributed by atoms with Gasteiger partial charge in [0.05, 0.1) is 36.1 Å². The summed E-state index contributed by atoms with van der Waals surface area (Å²) in [5, 5.41) is 21.1. The molecule has 31 heavy (non-hydrogen) atoms. The number of imidazole rings is 1. The van der Waals surface area contributed by atoms with Crippen molar-refractivity contribution in [1.82, 2.24) is 33.8 Å². The van der Waals surface area contributed by atoms with E-state index in [9.17, 15) is 5.11 Å². The molecule has 0 bridgehead atoms. The fourth-order valence-corrected chi connectivity index (χ4v) is 4.90. The summed E-state index contributed by atoms with van der Waals surface area (Å²) in [6.45, 7) is 6.00. The van der Waals surface area contributed by atoms with Crippen LogP contribution in [0.3, 0.4) is 0 Å². The Hall–Kier alpha value is -2.82. The number of likely N-dealkylation sites (tertiary alicyclic amines) is 1. The summed E-state index contributed by atoms with van der Waals surface area (Å²) in [4.78, 5) is 11.6. The standard InChI is InChI=1S/C21H26N8OS/c1-14-11-29-17(15-8-23-24-9-15)10-22-20(29)19(25-14)26-18-7-16(27-31-18)12-28-6-4-3-5-21(28,2)13-30/h7-11,30H,3-6,12-13H2,1-2H3,(H,23,24)(H,25,26)/t21-/m0/s1. The van der Waals surface area contributed by atoms with E-state index in [0.29, 0.717) is 5.82 Å². The summed E-state index contributed by atoms with van der Waals surface area (Å²) in [6, 6.07) is 2.07. The maximum absolute atomic E-state index is 9.90. The van der Waals surface area contributed by atoms with E-state index in [1.165, 1.54) is 11.5 Å². The first-order valence-corrected chi connectivity index (χ1v) is 11.3. The minimum absolute atomic E-state index is 0.168. The molecule has 162 valence electrons. The number of nitrogens with zero attached hydrogens (tertiary/aromatic N) is 6. The molecular weight excluding hydrogens is 412 g/mol. The fraction of sp³-hybridized carbons (Fsp3) is 0.429. The van der Waals surface area contributed by atoms with E-state index in [4.69, 9.17) is 0 Å². The number of aromatic nitrogens is 6. The van der Waals surface area contributed by atoms with Crippen molar-refractivity contribution < 1.29 is 5.11 Å². The number of hydrogen-bond acceptors (Lipinski definition) is 8. The molecule has 4 aromatic heterocycles. The second-order valence-corrected chi connectivity index (χ2v) is 9.20. The number of hydrogen-bond donors (Lipinski definition) is 3. The molecule has 1 aliphatic rings. The quantitative estimate of drug-likeness (QED) is 0.424.